The normalized spacial score (nSPS) is 34.6. The van der Waals surface area contributed by atoms with Gasteiger partial charge in [-0.15, -0.1) is 0 Å². The van der Waals surface area contributed by atoms with Gasteiger partial charge in [0.15, 0.2) is 0 Å². The van der Waals surface area contributed by atoms with Crippen LogP contribution in [0.4, 0.5) is 0 Å². The number of hydrogen-bond donors (Lipinski definition) is 2. The second-order valence-electron chi connectivity index (χ2n) is 7.13. The minimum atomic E-state index is -1.03. The monoisotopic (exact) mass is 326 g/mol. The van der Waals surface area contributed by atoms with Gasteiger partial charge in [0.2, 0.25) is 0 Å². The van der Waals surface area contributed by atoms with Gasteiger partial charge in [0.05, 0.1) is 24.4 Å². The summed E-state index contributed by atoms with van der Waals surface area (Å²) in [6.07, 6.45) is 5.01. The summed E-state index contributed by atoms with van der Waals surface area (Å²) in [4.78, 5) is 34.7. The molecular weight excluding hydrogens is 300 g/mol. The molecule has 4 unspecified atom stereocenters. The minimum absolute atomic E-state index is 0.0914. The molecule has 2 aliphatic rings. The number of carbonyl (C=O) groups excluding carboxylic acids is 1. The maximum atomic E-state index is 12.3. The number of rotatable bonds is 5. The molecular formula is C17H26O6. The smallest absolute Gasteiger partial charge is 0.308 e. The van der Waals surface area contributed by atoms with Gasteiger partial charge < -0.3 is 14.9 Å². The predicted octanol–water partition coefficient (Wildman–Crippen LogP) is 2.56. The standard InChI is InChI=1S/C17H26O6/c1-10-4-2-3-5-11(10)9-23-17(22)14-7-12(15(18)19)6-13(8-14)16(20)21/h10-14H,2-9H2,1H3,(H,18,19)(H,20,21). The molecule has 2 N–H and O–H groups in total. The van der Waals surface area contributed by atoms with Crippen LogP contribution in [0.2, 0.25) is 0 Å². The summed E-state index contributed by atoms with van der Waals surface area (Å²) < 4.78 is 5.42. The fourth-order valence-electron chi connectivity index (χ4n) is 3.86. The first-order valence-corrected chi connectivity index (χ1v) is 8.50. The van der Waals surface area contributed by atoms with Crippen molar-refractivity contribution >= 4 is 17.9 Å². The molecule has 6 heteroatoms. The van der Waals surface area contributed by atoms with Gasteiger partial charge in [0.25, 0.3) is 0 Å². The molecule has 0 spiro atoms. The Labute approximate surface area is 136 Å². The maximum absolute atomic E-state index is 12.3. The fourth-order valence-corrected chi connectivity index (χ4v) is 3.86. The Balaban J connectivity index is 1.91. The van der Waals surface area contributed by atoms with E-state index in [2.05, 4.69) is 6.92 Å². The van der Waals surface area contributed by atoms with E-state index in [1.807, 2.05) is 0 Å². The van der Waals surface area contributed by atoms with E-state index < -0.39 is 35.7 Å². The summed E-state index contributed by atoms with van der Waals surface area (Å²) in [5, 5.41) is 18.3. The number of hydrogen-bond acceptors (Lipinski definition) is 4. The van der Waals surface area contributed by atoms with Crippen molar-refractivity contribution in [1.29, 1.82) is 0 Å². The van der Waals surface area contributed by atoms with Crippen molar-refractivity contribution in [3.8, 4) is 0 Å². The third kappa shape index (κ3) is 4.69. The largest absolute Gasteiger partial charge is 0.481 e. The molecule has 23 heavy (non-hydrogen) atoms. The second kappa shape index (κ2) is 7.79. The van der Waals surface area contributed by atoms with Gasteiger partial charge in [-0.25, -0.2) is 0 Å². The number of ether oxygens (including phenoxy) is 1. The van der Waals surface area contributed by atoms with E-state index in [0.717, 1.165) is 19.3 Å². The van der Waals surface area contributed by atoms with Crippen molar-refractivity contribution in [2.24, 2.45) is 29.6 Å². The molecule has 2 fully saturated rings. The van der Waals surface area contributed by atoms with Gasteiger partial charge in [-0.1, -0.05) is 26.2 Å². The van der Waals surface area contributed by atoms with E-state index in [1.54, 1.807) is 0 Å². The quantitative estimate of drug-likeness (QED) is 0.753. The highest BCUT2D eigenvalue weighted by atomic mass is 16.5. The fraction of sp³-hybridized carbons (Fsp3) is 0.824. The Morgan fingerprint density at radius 1 is 0.913 bits per heavy atom. The van der Waals surface area contributed by atoms with Gasteiger partial charge in [-0.3, -0.25) is 14.4 Å². The van der Waals surface area contributed by atoms with Crippen molar-refractivity contribution in [2.75, 3.05) is 6.61 Å². The molecule has 0 bridgehead atoms. The average molecular weight is 326 g/mol. The van der Waals surface area contributed by atoms with Crippen molar-refractivity contribution in [3.05, 3.63) is 0 Å². The van der Waals surface area contributed by atoms with Crippen LogP contribution in [0.15, 0.2) is 0 Å². The third-order valence-electron chi connectivity index (χ3n) is 5.47. The summed E-state index contributed by atoms with van der Waals surface area (Å²) in [6, 6.07) is 0. The Kier molecular flexibility index (Phi) is 6.02. The van der Waals surface area contributed by atoms with E-state index >= 15 is 0 Å². The van der Waals surface area contributed by atoms with Crippen LogP contribution < -0.4 is 0 Å². The zero-order valence-electron chi connectivity index (χ0n) is 13.6. The van der Waals surface area contributed by atoms with Gasteiger partial charge in [-0.2, -0.15) is 0 Å². The number of esters is 1. The molecule has 0 aliphatic heterocycles. The molecule has 4 atom stereocenters. The van der Waals surface area contributed by atoms with E-state index in [0.29, 0.717) is 18.4 Å². The highest BCUT2D eigenvalue weighted by Gasteiger charge is 2.40. The van der Waals surface area contributed by atoms with E-state index in [-0.39, 0.29) is 19.3 Å². The number of carbonyl (C=O) groups is 3. The molecule has 0 amide bonds. The first kappa shape index (κ1) is 17.8. The maximum Gasteiger partial charge on any atom is 0.308 e. The average Bonchev–Trinajstić information content (AvgIpc) is 2.53. The molecule has 0 radical (unpaired) electrons. The predicted molar refractivity (Wildman–Crippen MR) is 81.7 cm³/mol. The summed E-state index contributed by atoms with van der Waals surface area (Å²) in [7, 11) is 0. The van der Waals surface area contributed by atoms with Crippen LogP contribution in [-0.4, -0.2) is 34.7 Å². The molecule has 0 aromatic rings. The molecule has 130 valence electrons. The highest BCUT2D eigenvalue weighted by molar-refractivity contribution is 5.79. The molecule has 2 saturated carbocycles. The Hall–Kier alpha value is -1.59. The first-order chi connectivity index (χ1) is 10.9. The molecule has 2 aliphatic carbocycles. The molecule has 0 heterocycles. The zero-order chi connectivity index (χ0) is 17.0. The highest BCUT2D eigenvalue weighted by Crippen LogP contribution is 2.35. The van der Waals surface area contributed by atoms with Crippen molar-refractivity contribution in [2.45, 2.75) is 51.9 Å². The molecule has 2 rings (SSSR count). The van der Waals surface area contributed by atoms with Crippen LogP contribution in [0.5, 0.6) is 0 Å². The van der Waals surface area contributed by atoms with Crippen LogP contribution in [0.3, 0.4) is 0 Å². The molecule has 0 saturated heterocycles. The SMILES string of the molecule is CC1CCCCC1COC(=O)C1CC(C(=O)O)CC(C(=O)O)C1. The summed E-state index contributed by atoms with van der Waals surface area (Å²) >= 11 is 0. The summed E-state index contributed by atoms with van der Waals surface area (Å²) in [6.45, 7) is 2.53. The van der Waals surface area contributed by atoms with Crippen LogP contribution in [0, 0.1) is 29.6 Å². The van der Waals surface area contributed by atoms with Crippen molar-refractivity contribution in [1.82, 2.24) is 0 Å². The van der Waals surface area contributed by atoms with Crippen LogP contribution in [0.25, 0.3) is 0 Å². The molecule has 6 nitrogen and oxygen atoms in total. The van der Waals surface area contributed by atoms with Crippen LogP contribution in [0.1, 0.15) is 51.9 Å². The third-order valence-corrected chi connectivity index (χ3v) is 5.47. The number of aliphatic carboxylic acids is 2. The van der Waals surface area contributed by atoms with E-state index in [1.165, 1.54) is 6.42 Å². The van der Waals surface area contributed by atoms with Crippen molar-refractivity contribution in [3.63, 3.8) is 0 Å². The number of carboxylic acids is 2. The summed E-state index contributed by atoms with van der Waals surface area (Å²) in [5.41, 5.74) is 0. The molecule has 0 aromatic heterocycles. The number of carboxylic acid groups (broad SMARTS) is 2. The van der Waals surface area contributed by atoms with Gasteiger partial charge in [0.1, 0.15) is 0 Å². The van der Waals surface area contributed by atoms with E-state index in [4.69, 9.17) is 14.9 Å². The minimum Gasteiger partial charge on any atom is -0.481 e. The Morgan fingerprint density at radius 3 is 1.96 bits per heavy atom. The Morgan fingerprint density at radius 2 is 1.43 bits per heavy atom. The van der Waals surface area contributed by atoms with Crippen LogP contribution in [-0.2, 0) is 19.1 Å². The van der Waals surface area contributed by atoms with Gasteiger partial charge >= 0.3 is 17.9 Å². The second-order valence-corrected chi connectivity index (χ2v) is 7.13. The zero-order valence-corrected chi connectivity index (χ0v) is 13.6. The van der Waals surface area contributed by atoms with Crippen molar-refractivity contribution < 1.29 is 29.3 Å². The topological polar surface area (TPSA) is 101 Å². The lowest BCUT2D eigenvalue weighted by molar-refractivity contribution is -0.158. The summed E-state index contributed by atoms with van der Waals surface area (Å²) in [5.74, 6) is -3.79. The Bertz CT molecular complexity index is 438. The lowest BCUT2D eigenvalue weighted by atomic mass is 9.75. The molecule has 0 aromatic carbocycles. The first-order valence-electron chi connectivity index (χ1n) is 8.50. The van der Waals surface area contributed by atoms with Gasteiger partial charge in [0, 0.05) is 0 Å². The van der Waals surface area contributed by atoms with E-state index in [9.17, 15) is 14.4 Å². The lowest BCUT2D eigenvalue weighted by Crippen LogP contribution is -2.36. The van der Waals surface area contributed by atoms with Gasteiger partial charge in [-0.05, 0) is 37.5 Å². The van der Waals surface area contributed by atoms with Crippen LogP contribution >= 0.6 is 0 Å². The lowest BCUT2D eigenvalue weighted by Gasteiger charge is -2.31.